The van der Waals surface area contributed by atoms with Crippen molar-refractivity contribution in [3.05, 3.63) is 23.8 Å². The minimum atomic E-state index is -0.0824. The first kappa shape index (κ1) is 18.7. The van der Waals surface area contributed by atoms with E-state index in [9.17, 15) is 9.59 Å². The lowest BCUT2D eigenvalue weighted by Crippen LogP contribution is -2.42. The molecule has 0 spiro atoms. The number of carbonyl (C=O) groups is 2. The van der Waals surface area contributed by atoms with Gasteiger partial charge in [0.05, 0.1) is 19.6 Å². The summed E-state index contributed by atoms with van der Waals surface area (Å²) >= 11 is 0. The third-order valence-corrected chi connectivity index (χ3v) is 5.35. The maximum Gasteiger partial charge on any atom is 0.308 e. The number of methoxy groups -OCH3 is 1. The van der Waals surface area contributed by atoms with Gasteiger partial charge in [0.1, 0.15) is 6.61 Å². The Kier molecular flexibility index (Phi) is 6.14. The molecule has 6 nitrogen and oxygen atoms in total. The SMILES string of the molecule is COC(=O)C1CCCC(Nc2ccc(N3CCOCC3=O)c(C)c2)CC1. The van der Waals surface area contributed by atoms with E-state index in [-0.39, 0.29) is 24.4 Å². The summed E-state index contributed by atoms with van der Waals surface area (Å²) in [7, 11) is 1.46. The zero-order valence-corrected chi connectivity index (χ0v) is 15.6. The van der Waals surface area contributed by atoms with Crippen LogP contribution in [0.4, 0.5) is 11.4 Å². The van der Waals surface area contributed by atoms with Crippen LogP contribution in [-0.4, -0.2) is 44.8 Å². The Morgan fingerprint density at radius 2 is 2.12 bits per heavy atom. The molecule has 1 aliphatic carbocycles. The highest BCUT2D eigenvalue weighted by Gasteiger charge is 2.25. The van der Waals surface area contributed by atoms with Crippen LogP contribution in [-0.2, 0) is 19.1 Å². The van der Waals surface area contributed by atoms with Crippen molar-refractivity contribution >= 4 is 23.3 Å². The van der Waals surface area contributed by atoms with Gasteiger partial charge in [-0.15, -0.1) is 0 Å². The van der Waals surface area contributed by atoms with E-state index in [1.807, 2.05) is 19.1 Å². The average molecular weight is 360 g/mol. The molecule has 1 aromatic carbocycles. The van der Waals surface area contributed by atoms with Gasteiger partial charge in [0.15, 0.2) is 0 Å². The average Bonchev–Trinajstić information content (AvgIpc) is 2.88. The topological polar surface area (TPSA) is 67.9 Å². The molecule has 2 aliphatic rings. The van der Waals surface area contributed by atoms with E-state index in [2.05, 4.69) is 11.4 Å². The summed E-state index contributed by atoms with van der Waals surface area (Å²) in [5, 5.41) is 3.60. The molecule has 2 fully saturated rings. The van der Waals surface area contributed by atoms with Gasteiger partial charge in [-0.3, -0.25) is 9.59 Å². The predicted molar refractivity (Wildman–Crippen MR) is 100 cm³/mol. The quantitative estimate of drug-likeness (QED) is 0.660. The lowest BCUT2D eigenvalue weighted by atomic mass is 10.0. The van der Waals surface area contributed by atoms with Crippen LogP contribution in [0.3, 0.4) is 0 Å². The summed E-state index contributed by atoms with van der Waals surface area (Å²) in [6.45, 7) is 3.37. The molecule has 1 aromatic rings. The van der Waals surface area contributed by atoms with E-state index in [1.165, 1.54) is 7.11 Å². The van der Waals surface area contributed by atoms with E-state index in [1.54, 1.807) is 4.90 Å². The number of hydrogen-bond donors (Lipinski definition) is 1. The van der Waals surface area contributed by atoms with Crippen molar-refractivity contribution in [2.24, 2.45) is 5.92 Å². The zero-order chi connectivity index (χ0) is 18.5. The second kappa shape index (κ2) is 8.54. The van der Waals surface area contributed by atoms with Crippen molar-refractivity contribution in [3.8, 4) is 0 Å². The monoisotopic (exact) mass is 360 g/mol. The highest BCUT2D eigenvalue weighted by molar-refractivity contribution is 5.95. The molecule has 6 heteroatoms. The van der Waals surface area contributed by atoms with E-state index in [0.717, 1.165) is 49.0 Å². The van der Waals surface area contributed by atoms with Gasteiger partial charge in [-0.2, -0.15) is 0 Å². The van der Waals surface area contributed by atoms with E-state index in [4.69, 9.17) is 9.47 Å². The number of anilines is 2. The van der Waals surface area contributed by atoms with Gasteiger partial charge in [-0.1, -0.05) is 6.42 Å². The molecule has 3 rings (SSSR count). The van der Waals surface area contributed by atoms with Crippen molar-refractivity contribution in [2.75, 3.05) is 37.1 Å². The van der Waals surface area contributed by atoms with Crippen LogP contribution in [0.1, 0.15) is 37.7 Å². The van der Waals surface area contributed by atoms with Crippen LogP contribution in [0.2, 0.25) is 0 Å². The van der Waals surface area contributed by atoms with Gasteiger partial charge >= 0.3 is 5.97 Å². The van der Waals surface area contributed by atoms with Crippen molar-refractivity contribution in [2.45, 2.75) is 45.1 Å². The molecule has 1 aliphatic heterocycles. The Morgan fingerprint density at radius 1 is 1.27 bits per heavy atom. The molecular weight excluding hydrogens is 332 g/mol. The molecule has 1 saturated heterocycles. The van der Waals surface area contributed by atoms with Gasteiger partial charge in [0.25, 0.3) is 5.91 Å². The van der Waals surface area contributed by atoms with Gasteiger partial charge in [-0.25, -0.2) is 0 Å². The van der Waals surface area contributed by atoms with Crippen molar-refractivity contribution in [1.82, 2.24) is 0 Å². The Hall–Kier alpha value is -2.08. The van der Waals surface area contributed by atoms with Crippen LogP contribution in [0.25, 0.3) is 0 Å². The molecule has 26 heavy (non-hydrogen) atoms. The Labute approximate surface area is 154 Å². The van der Waals surface area contributed by atoms with Crippen LogP contribution in [0.15, 0.2) is 18.2 Å². The number of ether oxygens (including phenoxy) is 2. The number of hydrogen-bond acceptors (Lipinski definition) is 5. The number of rotatable bonds is 4. The minimum absolute atomic E-state index is 0.0117. The highest BCUT2D eigenvalue weighted by atomic mass is 16.5. The summed E-state index contributed by atoms with van der Waals surface area (Å²) < 4.78 is 10.1. The molecular formula is C20H28N2O4. The summed E-state index contributed by atoms with van der Waals surface area (Å²) in [5.74, 6) is -0.0399. The second-order valence-electron chi connectivity index (χ2n) is 7.17. The smallest absolute Gasteiger partial charge is 0.308 e. The number of benzene rings is 1. The largest absolute Gasteiger partial charge is 0.469 e. The van der Waals surface area contributed by atoms with E-state index in [0.29, 0.717) is 19.2 Å². The first-order valence-corrected chi connectivity index (χ1v) is 9.41. The Morgan fingerprint density at radius 3 is 2.85 bits per heavy atom. The fraction of sp³-hybridized carbons (Fsp3) is 0.600. The number of morpholine rings is 1. The Bertz CT molecular complexity index is 661. The number of esters is 1. The van der Waals surface area contributed by atoms with Crippen LogP contribution in [0, 0.1) is 12.8 Å². The number of nitrogens with one attached hydrogen (secondary N) is 1. The maximum atomic E-state index is 12.0. The molecule has 1 heterocycles. The molecule has 0 aromatic heterocycles. The molecule has 0 bridgehead atoms. The lowest BCUT2D eigenvalue weighted by molar-refractivity contribution is -0.145. The fourth-order valence-corrected chi connectivity index (χ4v) is 3.90. The van der Waals surface area contributed by atoms with Crippen molar-refractivity contribution in [1.29, 1.82) is 0 Å². The highest BCUT2D eigenvalue weighted by Crippen LogP contribution is 2.29. The van der Waals surface area contributed by atoms with Gasteiger partial charge in [0.2, 0.25) is 0 Å². The molecule has 0 radical (unpaired) electrons. The zero-order valence-electron chi connectivity index (χ0n) is 15.6. The fourth-order valence-electron chi connectivity index (χ4n) is 3.90. The van der Waals surface area contributed by atoms with Gasteiger partial charge in [0, 0.05) is 24.0 Å². The van der Waals surface area contributed by atoms with Crippen molar-refractivity contribution in [3.63, 3.8) is 0 Å². The van der Waals surface area contributed by atoms with Crippen LogP contribution >= 0.6 is 0 Å². The number of carbonyl (C=O) groups excluding carboxylic acids is 2. The molecule has 2 atom stereocenters. The van der Waals surface area contributed by atoms with E-state index >= 15 is 0 Å². The van der Waals surface area contributed by atoms with Crippen LogP contribution < -0.4 is 10.2 Å². The number of amides is 1. The normalized spacial score (nSPS) is 24.1. The molecule has 1 saturated carbocycles. The first-order valence-electron chi connectivity index (χ1n) is 9.41. The lowest BCUT2D eigenvalue weighted by Gasteiger charge is -2.28. The molecule has 1 amide bonds. The van der Waals surface area contributed by atoms with Gasteiger partial charge in [-0.05, 0) is 56.4 Å². The second-order valence-corrected chi connectivity index (χ2v) is 7.17. The summed E-state index contributed by atoms with van der Waals surface area (Å²) in [6, 6.07) is 6.50. The standard InChI is InChI=1S/C20H28N2O4/c1-14-12-17(8-9-18(14)22-10-11-26-13-19(22)23)21-16-5-3-4-15(6-7-16)20(24)25-2/h8-9,12,15-16,21H,3-7,10-11,13H2,1-2H3. The third-order valence-electron chi connectivity index (χ3n) is 5.35. The first-order chi connectivity index (χ1) is 12.6. The summed E-state index contributed by atoms with van der Waals surface area (Å²) in [6.07, 6.45) is 4.81. The third kappa shape index (κ3) is 4.36. The van der Waals surface area contributed by atoms with E-state index < -0.39 is 0 Å². The van der Waals surface area contributed by atoms with Crippen LogP contribution in [0.5, 0.6) is 0 Å². The Balaban J connectivity index is 1.62. The number of nitrogens with zero attached hydrogens (tertiary/aromatic N) is 1. The molecule has 142 valence electrons. The molecule has 2 unspecified atom stereocenters. The predicted octanol–water partition coefficient (Wildman–Crippen LogP) is 2.89. The minimum Gasteiger partial charge on any atom is -0.469 e. The summed E-state index contributed by atoms with van der Waals surface area (Å²) in [5.41, 5.74) is 3.09. The summed E-state index contributed by atoms with van der Waals surface area (Å²) in [4.78, 5) is 25.6. The van der Waals surface area contributed by atoms with Gasteiger partial charge < -0.3 is 19.7 Å². The maximum absolute atomic E-state index is 12.0. The molecule has 1 N–H and O–H groups in total. The number of aryl methyl sites for hydroxylation is 1. The van der Waals surface area contributed by atoms with Crippen molar-refractivity contribution < 1.29 is 19.1 Å².